The minimum absolute atomic E-state index is 0.0307. The van der Waals surface area contributed by atoms with Crippen molar-refractivity contribution in [2.45, 2.75) is 17.7 Å². The molecule has 0 aliphatic carbocycles. The van der Waals surface area contributed by atoms with E-state index in [9.17, 15) is 17.6 Å². The van der Waals surface area contributed by atoms with Crippen molar-refractivity contribution in [1.82, 2.24) is 4.31 Å². The molecule has 1 amide bonds. The lowest BCUT2D eigenvalue weighted by Gasteiger charge is -2.33. The van der Waals surface area contributed by atoms with Crippen LogP contribution in [0.2, 0.25) is 0 Å². The molecule has 0 aromatic heterocycles. The number of rotatable bonds is 5. The maximum absolute atomic E-state index is 13.1. The summed E-state index contributed by atoms with van der Waals surface area (Å²) in [6.07, 6.45) is 1.20. The standard InChI is InChI=1S/C20H23FN2O4S/c1-22(17-6-3-7-18(13-17)27-2)20(24)15-5-4-12-23(14-15)28(25,26)19-10-8-16(21)9-11-19/h3,6-11,13,15H,4-5,12,14H2,1-2H3/t15-/m1/s1. The monoisotopic (exact) mass is 406 g/mol. The quantitative estimate of drug-likeness (QED) is 0.766. The van der Waals surface area contributed by atoms with Gasteiger partial charge in [-0.05, 0) is 49.2 Å². The number of amides is 1. The van der Waals surface area contributed by atoms with E-state index in [0.29, 0.717) is 30.8 Å². The van der Waals surface area contributed by atoms with Gasteiger partial charge in [0.1, 0.15) is 11.6 Å². The van der Waals surface area contributed by atoms with Crippen LogP contribution in [-0.2, 0) is 14.8 Å². The second kappa shape index (κ2) is 8.28. The van der Waals surface area contributed by atoms with Crippen LogP contribution in [0.5, 0.6) is 5.75 Å². The number of halogens is 1. The van der Waals surface area contributed by atoms with Gasteiger partial charge in [0.05, 0.1) is 17.9 Å². The van der Waals surface area contributed by atoms with Crippen LogP contribution < -0.4 is 9.64 Å². The third kappa shape index (κ3) is 4.18. The number of hydrogen-bond acceptors (Lipinski definition) is 4. The summed E-state index contributed by atoms with van der Waals surface area (Å²) in [7, 11) is -0.543. The number of carbonyl (C=O) groups excluding carboxylic acids is 1. The molecule has 2 aromatic carbocycles. The second-order valence-electron chi connectivity index (χ2n) is 6.75. The summed E-state index contributed by atoms with van der Waals surface area (Å²) in [6.45, 7) is 0.444. The Hall–Kier alpha value is -2.45. The summed E-state index contributed by atoms with van der Waals surface area (Å²) in [6, 6.07) is 11.9. The SMILES string of the molecule is COc1cccc(N(C)C(=O)[C@@H]2CCCN(S(=O)(=O)c3ccc(F)cc3)C2)c1. The summed E-state index contributed by atoms with van der Waals surface area (Å²) in [4.78, 5) is 14.5. The Morgan fingerprint density at radius 2 is 1.93 bits per heavy atom. The summed E-state index contributed by atoms with van der Waals surface area (Å²) >= 11 is 0. The van der Waals surface area contributed by atoms with Gasteiger partial charge in [-0.3, -0.25) is 4.79 Å². The number of piperidine rings is 1. The number of nitrogens with zero attached hydrogens (tertiary/aromatic N) is 2. The number of benzene rings is 2. The molecule has 0 N–H and O–H groups in total. The fourth-order valence-electron chi connectivity index (χ4n) is 3.34. The molecule has 0 unspecified atom stereocenters. The van der Waals surface area contributed by atoms with E-state index in [1.165, 1.54) is 21.3 Å². The Morgan fingerprint density at radius 3 is 2.61 bits per heavy atom. The van der Waals surface area contributed by atoms with E-state index >= 15 is 0 Å². The van der Waals surface area contributed by atoms with Gasteiger partial charge in [-0.1, -0.05) is 6.07 Å². The molecule has 150 valence electrons. The molecule has 28 heavy (non-hydrogen) atoms. The predicted molar refractivity (Wildman–Crippen MR) is 104 cm³/mol. The molecule has 8 heteroatoms. The summed E-state index contributed by atoms with van der Waals surface area (Å²) in [5.41, 5.74) is 0.683. The van der Waals surface area contributed by atoms with E-state index in [1.807, 2.05) is 0 Å². The third-order valence-corrected chi connectivity index (χ3v) is 6.84. The molecule has 0 spiro atoms. The zero-order chi connectivity index (χ0) is 20.3. The van der Waals surface area contributed by atoms with Gasteiger partial charge < -0.3 is 9.64 Å². The normalized spacial score (nSPS) is 17.9. The maximum atomic E-state index is 13.1. The molecular formula is C20H23FN2O4S. The van der Waals surface area contributed by atoms with Crippen LogP contribution in [0.1, 0.15) is 12.8 Å². The fraction of sp³-hybridized carbons (Fsp3) is 0.350. The first-order valence-electron chi connectivity index (χ1n) is 9.00. The Labute approximate surface area is 164 Å². The van der Waals surface area contributed by atoms with Crippen molar-refractivity contribution in [2.75, 3.05) is 32.1 Å². The predicted octanol–water partition coefficient (Wildman–Crippen LogP) is 2.90. The van der Waals surface area contributed by atoms with Crippen molar-refractivity contribution in [3.63, 3.8) is 0 Å². The molecular weight excluding hydrogens is 383 g/mol. The molecule has 1 heterocycles. The number of carbonyl (C=O) groups is 1. The van der Waals surface area contributed by atoms with Crippen LogP contribution in [-0.4, -0.2) is 45.9 Å². The highest BCUT2D eigenvalue weighted by Gasteiger charge is 2.34. The largest absolute Gasteiger partial charge is 0.497 e. The molecule has 1 aliphatic rings. The highest BCUT2D eigenvalue weighted by Crippen LogP contribution is 2.27. The number of hydrogen-bond donors (Lipinski definition) is 0. The van der Waals surface area contributed by atoms with Crippen LogP contribution in [0.15, 0.2) is 53.4 Å². The van der Waals surface area contributed by atoms with E-state index < -0.39 is 21.8 Å². The fourth-order valence-corrected chi connectivity index (χ4v) is 4.86. The van der Waals surface area contributed by atoms with Gasteiger partial charge in [-0.15, -0.1) is 0 Å². The van der Waals surface area contributed by atoms with Gasteiger partial charge in [0.15, 0.2) is 0 Å². The Bertz CT molecular complexity index is 947. The molecule has 0 bridgehead atoms. The molecule has 1 saturated heterocycles. The molecule has 0 saturated carbocycles. The first-order valence-corrected chi connectivity index (χ1v) is 10.4. The average Bonchev–Trinajstić information content (AvgIpc) is 2.73. The first-order chi connectivity index (χ1) is 13.3. The summed E-state index contributed by atoms with van der Waals surface area (Å²) < 4.78 is 45.3. The lowest BCUT2D eigenvalue weighted by molar-refractivity contribution is -0.123. The van der Waals surface area contributed by atoms with Crippen molar-refractivity contribution in [2.24, 2.45) is 5.92 Å². The molecule has 0 radical (unpaired) electrons. The average molecular weight is 406 g/mol. The molecule has 1 fully saturated rings. The Kier molecular flexibility index (Phi) is 6.00. The van der Waals surface area contributed by atoms with Gasteiger partial charge in [-0.25, -0.2) is 12.8 Å². The summed E-state index contributed by atoms with van der Waals surface area (Å²) in [5, 5.41) is 0. The second-order valence-corrected chi connectivity index (χ2v) is 8.69. The van der Waals surface area contributed by atoms with Crippen LogP contribution in [0.3, 0.4) is 0 Å². The van der Waals surface area contributed by atoms with Gasteiger partial charge in [0, 0.05) is 31.9 Å². The third-order valence-electron chi connectivity index (χ3n) is 4.96. The zero-order valence-electron chi connectivity index (χ0n) is 15.8. The minimum atomic E-state index is -3.77. The van der Waals surface area contributed by atoms with Crippen LogP contribution in [0.4, 0.5) is 10.1 Å². The van der Waals surface area contributed by atoms with Gasteiger partial charge in [-0.2, -0.15) is 4.31 Å². The van der Waals surface area contributed by atoms with Gasteiger partial charge in [0.2, 0.25) is 15.9 Å². The molecule has 6 nitrogen and oxygen atoms in total. The highest BCUT2D eigenvalue weighted by molar-refractivity contribution is 7.89. The van der Waals surface area contributed by atoms with Crippen LogP contribution in [0.25, 0.3) is 0 Å². The maximum Gasteiger partial charge on any atom is 0.243 e. The molecule has 2 aromatic rings. The van der Waals surface area contributed by atoms with Crippen molar-refractivity contribution < 1.29 is 22.3 Å². The first kappa shape index (κ1) is 20.3. The Balaban J connectivity index is 1.76. The van der Waals surface area contributed by atoms with Crippen molar-refractivity contribution >= 4 is 21.6 Å². The van der Waals surface area contributed by atoms with Crippen molar-refractivity contribution in [1.29, 1.82) is 0 Å². The van der Waals surface area contributed by atoms with Crippen molar-refractivity contribution in [3.05, 3.63) is 54.3 Å². The lowest BCUT2D eigenvalue weighted by atomic mass is 9.98. The van der Waals surface area contributed by atoms with Gasteiger partial charge >= 0.3 is 0 Å². The molecule has 1 aliphatic heterocycles. The van der Waals surface area contributed by atoms with Gasteiger partial charge in [0.25, 0.3) is 0 Å². The van der Waals surface area contributed by atoms with E-state index in [4.69, 9.17) is 4.74 Å². The Morgan fingerprint density at radius 1 is 1.21 bits per heavy atom. The van der Waals surface area contributed by atoms with Crippen molar-refractivity contribution in [3.8, 4) is 5.75 Å². The number of anilines is 1. The minimum Gasteiger partial charge on any atom is -0.497 e. The molecule has 3 rings (SSSR count). The number of ether oxygens (including phenoxy) is 1. The van der Waals surface area contributed by atoms with Crippen LogP contribution >= 0.6 is 0 Å². The number of methoxy groups -OCH3 is 1. The zero-order valence-corrected chi connectivity index (χ0v) is 16.7. The van der Waals surface area contributed by atoms with Crippen LogP contribution in [0, 0.1) is 11.7 Å². The van der Waals surface area contributed by atoms with E-state index in [0.717, 1.165) is 12.1 Å². The number of sulfonamides is 1. The summed E-state index contributed by atoms with van der Waals surface area (Å²) in [5.74, 6) is -0.445. The molecule has 1 atom stereocenters. The van der Waals surface area contributed by atoms with E-state index in [-0.39, 0.29) is 17.3 Å². The van der Waals surface area contributed by atoms with E-state index in [1.54, 1.807) is 38.4 Å². The lowest BCUT2D eigenvalue weighted by Crippen LogP contribution is -2.45. The highest BCUT2D eigenvalue weighted by atomic mass is 32.2. The van der Waals surface area contributed by atoms with E-state index in [2.05, 4.69) is 0 Å². The smallest absolute Gasteiger partial charge is 0.243 e. The topological polar surface area (TPSA) is 66.9 Å².